The fourth-order valence-electron chi connectivity index (χ4n) is 1.48. The average Bonchev–Trinajstić information content (AvgIpc) is 2.39. The van der Waals surface area contributed by atoms with Crippen LogP contribution in [0, 0.1) is 22.7 Å². The molecule has 0 aliphatic carbocycles. The first kappa shape index (κ1) is 10.3. The zero-order chi connectivity index (χ0) is 11.4. The monoisotopic (exact) mass is 215 g/mol. The summed E-state index contributed by atoms with van der Waals surface area (Å²) in [6.45, 7) is 1.66. The van der Waals surface area contributed by atoms with Gasteiger partial charge in [0.15, 0.2) is 11.8 Å². The van der Waals surface area contributed by atoms with Crippen LogP contribution in [0.1, 0.15) is 5.69 Å². The van der Waals surface area contributed by atoms with E-state index in [0.717, 1.165) is 0 Å². The molecule has 6 heteroatoms. The highest BCUT2D eigenvalue weighted by atomic mass is 16.5. The number of morpholine rings is 1. The van der Waals surface area contributed by atoms with E-state index in [9.17, 15) is 0 Å². The summed E-state index contributed by atoms with van der Waals surface area (Å²) in [5.74, 6) is 0.669. The van der Waals surface area contributed by atoms with Crippen LogP contribution in [0.5, 0.6) is 0 Å². The maximum atomic E-state index is 8.76. The van der Waals surface area contributed by atoms with Gasteiger partial charge >= 0.3 is 0 Å². The topological polar surface area (TPSA) is 85.8 Å². The Morgan fingerprint density at radius 1 is 1.38 bits per heavy atom. The lowest BCUT2D eigenvalue weighted by Gasteiger charge is -2.30. The third-order valence-electron chi connectivity index (χ3n) is 2.29. The first-order chi connectivity index (χ1) is 7.83. The summed E-state index contributed by atoms with van der Waals surface area (Å²) in [7, 11) is 0. The standard InChI is InChI=1S/C10H9N5O/c11-3-8-5-14-10(6-13-8)15-1-2-16-9(4-12)7-15/h5-6,9H,1-2,7H2. The fraction of sp³-hybridized carbons (Fsp3) is 0.400. The van der Waals surface area contributed by atoms with Gasteiger partial charge in [0.05, 0.1) is 31.6 Å². The summed E-state index contributed by atoms with van der Waals surface area (Å²) in [5, 5.41) is 17.3. The second-order valence-electron chi connectivity index (χ2n) is 3.31. The number of ether oxygens (including phenoxy) is 1. The van der Waals surface area contributed by atoms with E-state index in [-0.39, 0.29) is 5.69 Å². The van der Waals surface area contributed by atoms with Gasteiger partial charge in [-0.25, -0.2) is 9.97 Å². The number of aromatic nitrogens is 2. The number of nitrogens with zero attached hydrogens (tertiary/aromatic N) is 5. The minimum absolute atomic E-state index is 0.286. The molecule has 0 aromatic carbocycles. The minimum Gasteiger partial charge on any atom is -0.360 e. The van der Waals surface area contributed by atoms with Crippen LogP contribution >= 0.6 is 0 Å². The van der Waals surface area contributed by atoms with Gasteiger partial charge < -0.3 is 9.64 Å². The molecule has 1 unspecified atom stereocenters. The Morgan fingerprint density at radius 2 is 2.25 bits per heavy atom. The van der Waals surface area contributed by atoms with Crippen molar-refractivity contribution in [3.8, 4) is 12.1 Å². The van der Waals surface area contributed by atoms with E-state index in [1.807, 2.05) is 11.0 Å². The summed E-state index contributed by atoms with van der Waals surface area (Å²) >= 11 is 0. The van der Waals surface area contributed by atoms with Crippen LogP contribution in [0.4, 0.5) is 5.82 Å². The molecule has 1 aliphatic heterocycles. The quantitative estimate of drug-likeness (QED) is 0.659. The molecule has 1 saturated heterocycles. The Balaban J connectivity index is 2.12. The van der Waals surface area contributed by atoms with E-state index >= 15 is 0 Å². The largest absolute Gasteiger partial charge is 0.360 e. The number of nitriles is 2. The van der Waals surface area contributed by atoms with E-state index in [1.54, 1.807) is 0 Å². The molecule has 0 N–H and O–H groups in total. The second-order valence-corrected chi connectivity index (χ2v) is 3.31. The lowest BCUT2D eigenvalue weighted by atomic mass is 10.3. The van der Waals surface area contributed by atoms with Crippen molar-refractivity contribution >= 4 is 5.82 Å². The lowest BCUT2D eigenvalue weighted by molar-refractivity contribution is 0.0761. The molecule has 1 aromatic rings. The van der Waals surface area contributed by atoms with Gasteiger partial charge in [-0.2, -0.15) is 10.5 Å². The number of rotatable bonds is 1. The van der Waals surface area contributed by atoms with Crippen molar-refractivity contribution in [1.82, 2.24) is 9.97 Å². The van der Waals surface area contributed by atoms with Gasteiger partial charge in [-0.15, -0.1) is 0 Å². The summed E-state index contributed by atoms with van der Waals surface area (Å²) in [5.41, 5.74) is 0.286. The maximum absolute atomic E-state index is 8.76. The van der Waals surface area contributed by atoms with E-state index in [4.69, 9.17) is 15.3 Å². The molecule has 6 nitrogen and oxygen atoms in total. The van der Waals surface area contributed by atoms with Gasteiger partial charge in [0.2, 0.25) is 0 Å². The van der Waals surface area contributed by atoms with E-state index in [2.05, 4.69) is 16.0 Å². The molecule has 0 amide bonds. The van der Waals surface area contributed by atoms with Crippen molar-refractivity contribution in [3.63, 3.8) is 0 Å². The molecule has 80 valence electrons. The fourth-order valence-corrected chi connectivity index (χ4v) is 1.48. The lowest BCUT2D eigenvalue weighted by Crippen LogP contribution is -2.42. The van der Waals surface area contributed by atoms with Crippen LogP contribution in [0.15, 0.2) is 12.4 Å². The van der Waals surface area contributed by atoms with Crippen molar-refractivity contribution in [3.05, 3.63) is 18.1 Å². The molecule has 1 atom stereocenters. The van der Waals surface area contributed by atoms with Crippen LogP contribution in [-0.2, 0) is 4.74 Å². The van der Waals surface area contributed by atoms with Gasteiger partial charge in [0.25, 0.3) is 0 Å². The van der Waals surface area contributed by atoms with E-state index in [1.165, 1.54) is 12.4 Å². The first-order valence-corrected chi connectivity index (χ1v) is 4.82. The maximum Gasteiger partial charge on any atom is 0.161 e. The highest BCUT2D eigenvalue weighted by molar-refractivity contribution is 5.38. The van der Waals surface area contributed by atoms with Crippen LogP contribution < -0.4 is 4.90 Å². The Labute approximate surface area is 92.7 Å². The van der Waals surface area contributed by atoms with Crippen molar-refractivity contribution < 1.29 is 4.74 Å². The summed E-state index contributed by atoms with van der Waals surface area (Å²) < 4.78 is 5.22. The zero-order valence-electron chi connectivity index (χ0n) is 8.50. The first-order valence-electron chi connectivity index (χ1n) is 4.82. The Bertz CT molecular complexity index is 444. The molecule has 0 spiro atoms. The second kappa shape index (κ2) is 4.56. The molecule has 0 bridgehead atoms. The molecular weight excluding hydrogens is 206 g/mol. The molecular formula is C10H9N5O. The van der Waals surface area contributed by atoms with E-state index in [0.29, 0.717) is 25.5 Å². The van der Waals surface area contributed by atoms with E-state index < -0.39 is 6.10 Å². The smallest absolute Gasteiger partial charge is 0.161 e. The summed E-state index contributed by atoms with van der Waals surface area (Å²) in [6.07, 6.45) is 2.54. The molecule has 1 aliphatic rings. The number of hydrogen-bond donors (Lipinski definition) is 0. The Morgan fingerprint density at radius 3 is 2.88 bits per heavy atom. The zero-order valence-corrected chi connectivity index (χ0v) is 8.50. The summed E-state index contributed by atoms with van der Waals surface area (Å²) in [4.78, 5) is 9.97. The van der Waals surface area contributed by atoms with Gasteiger partial charge in [0, 0.05) is 6.54 Å². The highest BCUT2D eigenvalue weighted by Crippen LogP contribution is 2.13. The Hall–Kier alpha value is -2.18. The van der Waals surface area contributed by atoms with Crippen LogP contribution in [0.2, 0.25) is 0 Å². The molecule has 0 radical (unpaired) electrons. The van der Waals surface area contributed by atoms with Gasteiger partial charge in [0.1, 0.15) is 11.9 Å². The molecule has 1 aromatic heterocycles. The van der Waals surface area contributed by atoms with Gasteiger partial charge in [-0.05, 0) is 0 Å². The SMILES string of the molecule is N#Cc1cnc(N2CCOC(C#N)C2)cn1. The van der Waals surface area contributed by atoms with Crippen LogP contribution in [-0.4, -0.2) is 35.8 Å². The molecule has 16 heavy (non-hydrogen) atoms. The van der Waals surface area contributed by atoms with Crippen molar-refractivity contribution in [1.29, 1.82) is 10.5 Å². The third kappa shape index (κ3) is 2.08. The van der Waals surface area contributed by atoms with Crippen LogP contribution in [0.3, 0.4) is 0 Å². The van der Waals surface area contributed by atoms with Crippen LogP contribution in [0.25, 0.3) is 0 Å². The summed E-state index contributed by atoms with van der Waals surface area (Å²) in [6, 6.07) is 3.97. The van der Waals surface area contributed by atoms with Gasteiger partial charge in [-0.1, -0.05) is 0 Å². The van der Waals surface area contributed by atoms with Crippen molar-refractivity contribution in [2.45, 2.75) is 6.10 Å². The molecule has 2 rings (SSSR count). The minimum atomic E-state index is -0.425. The van der Waals surface area contributed by atoms with Gasteiger partial charge in [-0.3, -0.25) is 0 Å². The number of anilines is 1. The highest BCUT2D eigenvalue weighted by Gasteiger charge is 2.20. The van der Waals surface area contributed by atoms with Crippen molar-refractivity contribution in [2.75, 3.05) is 24.6 Å². The predicted octanol–water partition coefficient (Wildman–Crippen LogP) is 0.0771. The number of hydrogen-bond acceptors (Lipinski definition) is 6. The molecule has 2 heterocycles. The molecule has 1 fully saturated rings. The normalized spacial score (nSPS) is 19.9. The molecule has 0 saturated carbocycles. The third-order valence-corrected chi connectivity index (χ3v) is 2.29. The average molecular weight is 215 g/mol. The Kier molecular flexibility index (Phi) is 2.95. The predicted molar refractivity (Wildman–Crippen MR) is 54.3 cm³/mol. The van der Waals surface area contributed by atoms with Crippen molar-refractivity contribution in [2.24, 2.45) is 0 Å².